The standard InChI is InChI=1S/C28H19N3O2S/c32-26(19-9-2-1-3-10-19)22-13-4-5-14-23(22)27(33)30-21-12-8-11-20(17-21)25-18-34-28(31-25)24-15-6-7-16-29-24/h1-18H,(H,30,33). The summed E-state index contributed by atoms with van der Waals surface area (Å²) in [6.45, 7) is 0. The van der Waals surface area contributed by atoms with E-state index in [9.17, 15) is 9.59 Å². The fourth-order valence-corrected chi connectivity index (χ4v) is 4.40. The maximum absolute atomic E-state index is 13.1. The average Bonchev–Trinajstić information content (AvgIpc) is 3.40. The number of thiazole rings is 1. The quantitative estimate of drug-likeness (QED) is 0.299. The number of carbonyl (C=O) groups is 2. The highest BCUT2D eigenvalue weighted by molar-refractivity contribution is 7.13. The minimum atomic E-state index is -0.343. The minimum Gasteiger partial charge on any atom is -0.322 e. The maximum Gasteiger partial charge on any atom is 0.256 e. The van der Waals surface area contributed by atoms with E-state index >= 15 is 0 Å². The summed E-state index contributed by atoms with van der Waals surface area (Å²) in [6, 6.07) is 29.0. The third-order valence-electron chi connectivity index (χ3n) is 5.26. The molecule has 0 saturated heterocycles. The van der Waals surface area contributed by atoms with Crippen LogP contribution in [0.3, 0.4) is 0 Å². The molecule has 2 aromatic heterocycles. The predicted octanol–water partition coefficient (Wildman–Crippen LogP) is 6.36. The lowest BCUT2D eigenvalue weighted by Gasteiger charge is -2.10. The van der Waals surface area contributed by atoms with Crippen LogP contribution in [0.4, 0.5) is 5.69 Å². The van der Waals surface area contributed by atoms with Crippen LogP contribution in [0.5, 0.6) is 0 Å². The van der Waals surface area contributed by atoms with Gasteiger partial charge in [-0.15, -0.1) is 11.3 Å². The number of aromatic nitrogens is 2. The minimum absolute atomic E-state index is 0.190. The molecule has 6 heteroatoms. The molecule has 5 aromatic rings. The summed E-state index contributed by atoms with van der Waals surface area (Å²) in [4.78, 5) is 35.2. The molecule has 1 N–H and O–H groups in total. The Kier molecular flexibility index (Phi) is 6.05. The highest BCUT2D eigenvalue weighted by atomic mass is 32.1. The van der Waals surface area contributed by atoms with E-state index in [1.54, 1.807) is 54.7 Å². The Morgan fingerprint density at radius 2 is 1.50 bits per heavy atom. The first-order valence-electron chi connectivity index (χ1n) is 10.7. The monoisotopic (exact) mass is 461 g/mol. The summed E-state index contributed by atoms with van der Waals surface area (Å²) >= 11 is 1.52. The van der Waals surface area contributed by atoms with Gasteiger partial charge in [-0.25, -0.2) is 4.98 Å². The van der Waals surface area contributed by atoms with E-state index < -0.39 is 0 Å². The second-order valence-electron chi connectivity index (χ2n) is 7.53. The van der Waals surface area contributed by atoms with Crippen LogP contribution in [-0.2, 0) is 0 Å². The van der Waals surface area contributed by atoms with Crippen LogP contribution in [0.2, 0.25) is 0 Å². The first-order chi connectivity index (χ1) is 16.7. The van der Waals surface area contributed by atoms with Gasteiger partial charge < -0.3 is 5.32 Å². The summed E-state index contributed by atoms with van der Waals surface area (Å²) in [5, 5.41) is 5.73. The zero-order valence-electron chi connectivity index (χ0n) is 18.0. The Morgan fingerprint density at radius 3 is 2.29 bits per heavy atom. The van der Waals surface area contributed by atoms with E-state index in [1.165, 1.54) is 11.3 Å². The van der Waals surface area contributed by atoms with Crippen LogP contribution in [0.25, 0.3) is 22.0 Å². The topological polar surface area (TPSA) is 72.0 Å². The number of nitrogens with zero attached hydrogens (tertiary/aromatic N) is 2. The van der Waals surface area contributed by atoms with Gasteiger partial charge in [0.05, 0.1) is 17.0 Å². The van der Waals surface area contributed by atoms with Gasteiger partial charge in [-0.2, -0.15) is 0 Å². The van der Waals surface area contributed by atoms with Gasteiger partial charge >= 0.3 is 0 Å². The summed E-state index contributed by atoms with van der Waals surface area (Å²) in [5.41, 5.74) is 4.36. The van der Waals surface area contributed by atoms with Crippen molar-refractivity contribution >= 4 is 28.7 Å². The highest BCUT2D eigenvalue weighted by Crippen LogP contribution is 2.29. The smallest absolute Gasteiger partial charge is 0.256 e. The van der Waals surface area contributed by atoms with E-state index in [4.69, 9.17) is 4.98 Å². The lowest BCUT2D eigenvalue weighted by atomic mass is 9.98. The Labute approximate surface area is 200 Å². The summed E-state index contributed by atoms with van der Waals surface area (Å²) in [7, 11) is 0. The Bertz CT molecular complexity index is 1460. The summed E-state index contributed by atoms with van der Waals surface area (Å²) in [6.07, 6.45) is 1.74. The van der Waals surface area contributed by atoms with E-state index in [-0.39, 0.29) is 11.7 Å². The van der Waals surface area contributed by atoms with E-state index in [2.05, 4.69) is 10.3 Å². The third-order valence-corrected chi connectivity index (χ3v) is 6.12. The molecule has 0 unspecified atom stereocenters. The first kappa shape index (κ1) is 21.4. The van der Waals surface area contributed by atoms with E-state index in [1.807, 2.05) is 53.9 Å². The molecule has 0 saturated carbocycles. The largest absolute Gasteiger partial charge is 0.322 e. The molecule has 3 aromatic carbocycles. The molecule has 5 nitrogen and oxygen atoms in total. The molecule has 0 aliphatic carbocycles. The van der Waals surface area contributed by atoms with Gasteiger partial charge in [-0.3, -0.25) is 14.6 Å². The van der Waals surface area contributed by atoms with E-state index in [0.717, 1.165) is 22.0 Å². The van der Waals surface area contributed by atoms with Gasteiger partial charge in [-0.1, -0.05) is 66.7 Å². The van der Waals surface area contributed by atoms with Gasteiger partial charge in [0.25, 0.3) is 5.91 Å². The van der Waals surface area contributed by atoms with Crippen molar-refractivity contribution in [1.82, 2.24) is 9.97 Å². The molecule has 1 amide bonds. The molecule has 0 bridgehead atoms. The Morgan fingerprint density at radius 1 is 0.735 bits per heavy atom. The Hall–Kier alpha value is -4.42. The molecule has 0 aliphatic heterocycles. The number of hydrogen-bond acceptors (Lipinski definition) is 5. The number of pyridine rings is 1. The number of benzene rings is 3. The number of carbonyl (C=O) groups excluding carboxylic acids is 2. The van der Waals surface area contributed by atoms with Crippen molar-refractivity contribution < 1.29 is 9.59 Å². The molecule has 164 valence electrons. The maximum atomic E-state index is 13.1. The predicted molar refractivity (Wildman–Crippen MR) is 135 cm³/mol. The van der Waals surface area contributed by atoms with Gasteiger partial charge in [-0.05, 0) is 30.3 Å². The first-order valence-corrected chi connectivity index (χ1v) is 11.5. The number of hydrogen-bond donors (Lipinski definition) is 1. The van der Waals surface area contributed by atoms with Crippen molar-refractivity contribution in [3.8, 4) is 22.0 Å². The molecule has 5 rings (SSSR count). The molecular formula is C28H19N3O2S. The normalized spacial score (nSPS) is 10.6. The van der Waals surface area contributed by atoms with Crippen LogP contribution in [-0.4, -0.2) is 21.7 Å². The van der Waals surface area contributed by atoms with Crippen LogP contribution >= 0.6 is 11.3 Å². The van der Waals surface area contributed by atoms with E-state index in [0.29, 0.717) is 22.4 Å². The second-order valence-corrected chi connectivity index (χ2v) is 8.39. The van der Waals surface area contributed by atoms with Crippen molar-refractivity contribution in [3.05, 3.63) is 125 Å². The zero-order valence-corrected chi connectivity index (χ0v) is 18.8. The van der Waals surface area contributed by atoms with Crippen LogP contribution in [0.15, 0.2) is 109 Å². The fourth-order valence-electron chi connectivity index (χ4n) is 3.59. The molecule has 0 aliphatic rings. The molecule has 0 atom stereocenters. The van der Waals surface area contributed by atoms with Crippen LogP contribution < -0.4 is 5.32 Å². The zero-order chi connectivity index (χ0) is 23.3. The number of amides is 1. The average molecular weight is 462 g/mol. The second kappa shape index (κ2) is 9.60. The Balaban J connectivity index is 1.39. The lowest BCUT2D eigenvalue weighted by molar-refractivity contribution is 0.0996. The summed E-state index contributed by atoms with van der Waals surface area (Å²) in [5.74, 6) is -0.533. The van der Waals surface area contributed by atoms with Crippen molar-refractivity contribution in [2.45, 2.75) is 0 Å². The third kappa shape index (κ3) is 4.53. The SMILES string of the molecule is O=C(Nc1cccc(-c2csc(-c3ccccn3)n2)c1)c1ccccc1C(=O)c1ccccc1. The number of rotatable bonds is 6. The van der Waals surface area contributed by atoms with Gasteiger partial charge in [0.15, 0.2) is 5.78 Å². The van der Waals surface area contributed by atoms with Gasteiger partial charge in [0.1, 0.15) is 5.01 Å². The van der Waals surface area contributed by atoms with Crippen molar-refractivity contribution in [2.24, 2.45) is 0 Å². The van der Waals surface area contributed by atoms with Crippen LogP contribution in [0, 0.1) is 0 Å². The molecule has 0 radical (unpaired) electrons. The van der Waals surface area contributed by atoms with Crippen molar-refractivity contribution in [2.75, 3.05) is 5.32 Å². The summed E-state index contributed by atoms with van der Waals surface area (Å²) < 4.78 is 0. The van der Waals surface area contributed by atoms with Gasteiger partial charge in [0, 0.05) is 34.0 Å². The molecular weight excluding hydrogens is 442 g/mol. The lowest BCUT2D eigenvalue weighted by Crippen LogP contribution is -2.17. The molecule has 2 heterocycles. The molecule has 34 heavy (non-hydrogen) atoms. The molecule has 0 fully saturated rings. The highest BCUT2D eigenvalue weighted by Gasteiger charge is 2.18. The fraction of sp³-hybridized carbons (Fsp3) is 0. The van der Waals surface area contributed by atoms with Crippen molar-refractivity contribution in [3.63, 3.8) is 0 Å². The number of anilines is 1. The van der Waals surface area contributed by atoms with Gasteiger partial charge in [0.2, 0.25) is 0 Å². The number of ketones is 1. The van der Waals surface area contributed by atoms with Crippen LogP contribution in [0.1, 0.15) is 26.3 Å². The number of nitrogens with one attached hydrogen (secondary N) is 1. The molecule has 0 spiro atoms. The van der Waals surface area contributed by atoms with Crippen molar-refractivity contribution in [1.29, 1.82) is 0 Å².